The number of carbonyl (C=O) groups excluding carboxylic acids is 2. The summed E-state index contributed by atoms with van der Waals surface area (Å²) < 4.78 is 17.8. The lowest BCUT2D eigenvalue weighted by Crippen LogP contribution is -2.24. The molecule has 0 bridgehead atoms. The summed E-state index contributed by atoms with van der Waals surface area (Å²) in [5.74, 6) is -0.903. The average molecular weight is 379 g/mol. The van der Waals surface area contributed by atoms with Crippen molar-refractivity contribution >= 4 is 34.6 Å². The fourth-order valence-corrected chi connectivity index (χ4v) is 3.15. The second-order valence-corrected chi connectivity index (χ2v) is 6.12. The molecule has 0 unspecified atom stereocenters. The second-order valence-electron chi connectivity index (χ2n) is 5.76. The van der Waals surface area contributed by atoms with Crippen molar-refractivity contribution in [2.24, 2.45) is 0 Å². The van der Waals surface area contributed by atoms with Gasteiger partial charge in [0.1, 0.15) is 35.9 Å². The lowest BCUT2D eigenvalue weighted by Gasteiger charge is -2.20. The Morgan fingerprint density at radius 3 is 2.85 bits per heavy atom. The van der Waals surface area contributed by atoms with Gasteiger partial charge in [0.2, 0.25) is 0 Å². The Balaban J connectivity index is 1.98. The van der Waals surface area contributed by atoms with Crippen molar-refractivity contribution in [1.82, 2.24) is 14.5 Å². The van der Waals surface area contributed by atoms with Crippen molar-refractivity contribution in [3.05, 3.63) is 23.2 Å². The van der Waals surface area contributed by atoms with Gasteiger partial charge in [0.05, 0.1) is 17.1 Å². The van der Waals surface area contributed by atoms with Crippen LogP contribution in [0.15, 0.2) is 12.5 Å². The number of esters is 2. The van der Waals surface area contributed by atoms with Crippen LogP contribution in [0.4, 0.5) is 0 Å². The molecule has 0 spiro atoms. The average Bonchev–Trinajstić information content (AvgIpc) is 3.14. The van der Waals surface area contributed by atoms with Gasteiger partial charge < -0.3 is 18.8 Å². The standard InChI is InChI=1S/C16H15ClN4O5/c1-8(22)24-6-11-3-12(25-9(2)23)16(26-11)21-5-10(4-18)13-14(17)19-7-20-15(13)21/h5,7,11-12,16H,3,6H2,1-2H3/t11-,12+,16+/m0/s1. The van der Waals surface area contributed by atoms with Crippen molar-refractivity contribution in [3.63, 3.8) is 0 Å². The molecule has 3 rings (SSSR count). The lowest BCUT2D eigenvalue weighted by molar-refractivity contribution is -0.152. The number of hydrogen-bond donors (Lipinski definition) is 0. The van der Waals surface area contributed by atoms with E-state index < -0.39 is 30.4 Å². The number of halogens is 1. The zero-order chi connectivity index (χ0) is 18.8. The first-order valence-electron chi connectivity index (χ1n) is 7.78. The Hall–Kier alpha value is -2.70. The first-order chi connectivity index (χ1) is 12.4. The molecule has 1 fully saturated rings. The van der Waals surface area contributed by atoms with E-state index in [1.54, 1.807) is 4.57 Å². The monoisotopic (exact) mass is 378 g/mol. The summed E-state index contributed by atoms with van der Waals surface area (Å²) in [7, 11) is 0. The molecule has 3 atom stereocenters. The van der Waals surface area contributed by atoms with E-state index in [4.69, 9.17) is 25.8 Å². The number of nitriles is 1. The van der Waals surface area contributed by atoms with Crippen LogP contribution >= 0.6 is 11.6 Å². The summed E-state index contributed by atoms with van der Waals surface area (Å²) in [5.41, 5.74) is 0.663. The zero-order valence-electron chi connectivity index (χ0n) is 14.0. The Kier molecular flexibility index (Phi) is 5.06. The van der Waals surface area contributed by atoms with Crippen LogP contribution in [0.1, 0.15) is 32.1 Å². The molecular weight excluding hydrogens is 364 g/mol. The van der Waals surface area contributed by atoms with Gasteiger partial charge in [0, 0.05) is 26.5 Å². The Bertz CT molecular complexity index is 906. The maximum absolute atomic E-state index is 11.5. The molecule has 2 aromatic rings. The van der Waals surface area contributed by atoms with Crippen LogP contribution in [0.3, 0.4) is 0 Å². The molecule has 10 heteroatoms. The molecule has 1 saturated heterocycles. The highest BCUT2D eigenvalue weighted by molar-refractivity contribution is 6.34. The van der Waals surface area contributed by atoms with Crippen molar-refractivity contribution in [3.8, 4) is 6.07 Å². The molecule has 0 saturated carbocycles. The summed E-state index contributed by atoms with van der Waals surface area (Å²) in [6.45, 7) is 2.63. The first kappa shape index (κ1) is 18.1. The number of nitrogens with zero attached hydrogens (tertiary/aromatic N) is 4. The van der Waals surface area contributed by atoms with Gasteiger partial charge in [0.25, 0.3) is 0 Å². The Morgan fingerprint density at radius 1 is 1.42 bits per heavy atom. The number of carbonyl (C=O) groups is 2. The van der Waals surface area contributed by atoms with E-state index in [9.17, 15) is 14.9 Å². The Morgan fingerprint density at radius 2 is 2.19 bits per heavy atom. The van der Waals surface area contributed by atoms with Gasteiger partial charge >= 0.3 is 11.9 Å². The highest BCUT2D eigenvalue weighted by atomic mass is 35.5. The molecule has 2 aromatic heterocycles. The van der Waals surface area contributed by atoms with Crippen LogP contribution in [0.5, 0.6) is 0 Å². The molecule has 1 aliphatic heterocycles. The summed E-state index contributed by atoms with van der Waals surface area (Å²) in [6, 6.07) is 2.04. The topological polar surface area (TPSA) is 116 Å². The number of fused-ring (bicyclic) bond motifs is 1. The third-order valence-corrected chi connectivity index (χ3v) is 4.18. The van der Waals surface area contributed by atoms with Crippen LogP contribution < -0.4 is 0 Å². The Labute approximate surface area is 153 Å². The SMILES string of the molecule is CC(=O)OC[C@@H]1C[C@@H](OC(C)=O)[C@H](n2cc(C#N)c3c(Cl)ncnc32)O1. The molecule has 0 amide bonds. The van der Waals surface area contributed by atoms with Crippen LogP contribution in [-0.4, -0.2) is 45.3 Å². The smallest absolute Gasteiger partial charge is 0.303 e. The molecule has 0 aliphatic carbocycles. The minimum absolute atomic E-state index is 0.0314. The fourth-order valence-electron chi connectivity index (χ4n) is 2.92. The molecule has 0 N–H and O–H groups in total. The van der Waals surface area contributed by atoms with E-state index in [0.717, 1.165) is 0 Å². The van der Waals surface area contributed by atoms with Crippen molar-refractivity contribution < 1.29 is 23.8 Å². The normalized spacial score (nSPS) is 22.2. The van der Waals surface area contributed by atoms with Gasteiger partial charge in [-0.05, 0) is 0 Å². The summed E-state index contributed by atoms with van der Waals surface area (Å²) >= 11 is 6.10. The van der Waals surface area contributed by atoms with Crippen molar-refractivity contribution in [1.29, 1.82) is 5.26 Å². The zero-order valence-corrected chi connectivity index (χ0v) is 14.8. The predicted octanol–water partition coefficient (Wildman–Crippen LogP) is 1.74. The molecule has 9 nitrogen and oxygen atoms in total. The van der Waals surface area contributed by atoms with Gasteiger partial charge in [-0.1, -0.05) is 11.6 Å². The molecule has 3 heterocycles. The molecule has 26 heavy (non-hydrogen) atoms. The largest absolute Gasteiger partial charge is 0.463 e. The highest BCUT2D eigenvalue weighted by Gasteiger charge is 2.40. The predicted molar refractivity (Wildman–Crippen MR) is 88.0 cm³/mol. The summed E-state index contributed by atoms with van der Waals surface area (Å²) in [6.07, 6.45) is 1.29. The quantitative estimate of drug-likeness (QED) is 0.583. The number of hydrogen-bond acceptors (Lipinski definition) is 8. The van der Waals surface area contributed by atoms with E-state index in [1.807, 2.05) is 6.07 Å². The fraction of sp³-hybridized carbons (Fsp3) is 0.438. The number of aromatic nitrogens is 3. The highest BCUT2D eigenvalue weighted by Crippen LogP contribution is 2.36. The van der Waals surface area contributed by atoms with Crippen LogP contribution in [0.2, 0.25) is 5.15 Å². The number of ether oxygens (including phenoxy) is 3. The van der Waals surface area contributed by atoms with Crippen LogP contribution in [-0.2, 0) is 23.8 Å². The third kappa shape index (κ3) is 3.47. The second kappa shape index (κ2) is 7.27. The number of rotatable bonds is 4. The van der Waals surface area contributed by atoms with E-state index in [2.05, 4.69) is 9.97 Å². The summed E-state index contributed by atoms with van der Waals surface area (Å²) in [5, 5.41) is 9.90. The molecule has 0 aromatic carbocycles. The van der Waals surface area contributed by atoms with Gasteiger partial charge in [-0.2, -0.15) is 5.26 Å². The van der Waals surface area contributed by atoms with Gasteiger partial charge in [-0.3, -0.25) is 9.59 Å². The molecule has 1 aliphatic rings. The molecular formula is C16H15ClN4O5. The minimum atomic E-state index is -0.741. The molecule has 0 radical (unpaired) electrons. The van der Waals surface area contributed by atoms with E-state index in [0.29, 0.717) is 17.5 Å². The summed E-state index contributed by atoms with van der Waals surface area (Å²) in [4.78, 5) is 30.6. The van der Waals surface area contributed by atoms with Gasteiger partial charge in [-0.15, -0.1) is 0 Å². The third-order valence-electron chi connectivity index (χ3n) is 3.89. The van der Waals surface area contributed by atoms with Crippen LogP contribution in [0.25, 0.3) is 11.0 Å². The minimum Gasteiger partial charge on any atom is -0.463 e. The first-order valence-corrected chi connectivity index (χ1v) is 8.15. The lowest BCUT2D eigenvalue weighted by atomic mass is 10.2. The van der Waals surface area contributed by atoms with Crippen molar-refractivity contribution in [2.75, 3.05) is 6.61 Å². The van der Waals surface area contributed by atoms with E-state index in [1.165, 1.54) is 26.4 Å². The van der Waals surface area contributed by atoms with Gasteiger partial charge in [0.15, 0.2) is 6.23 Å². The maximum Gasteiger partial charge on any atom is 0.303 e. The molecule has 136 valence electrons. The van der Waals surface area contributed by atoms with Crippen molar-refractivity contribution in [2.45, 2.75) is 38.7 Å². The van der Waals surface area contributed by atoms with Gasteiger partial charge in [-0.25, -0.2) is 9.97 Å². The van der Waals surface area contributed by atoms with E-state index >= 15 is 0 Å². The van der Waals surface area contributed by atoms with E-state index in [-0.39, 0.29) is 17.3 Å². The maximum atomic E-state index is 11.5. The van der Waals surface area contributed by atoms with Crippen LogP contribution in [0, 0.1) is 11.3 Å².